The molecule has 2 heterocycles. The van der Waals surface area contributed by atoms with Crippen LogP contribution in [0.2, 0.25) is 0 Å². The van der Waals surface area contributed by atoms with Crippen LogP contribution in [0.15, 0.2) is 24.3 Å². The maximum absolute atomic E-state index is 13.3. The molecule has 0 saturated heterocycles. The van der Waals surface area contributed by atoms with Gasteiger partial charge in [-0.1, -0.05) is 0 Å². The Morgan fingerprint density at radius 1 is 0.529 bits per heavy atom. The van der Waals surface area contributed by atoms with E-state index in [-0.39, 0.29) is 23.6 Å². The molecule has 4 rings (SSSR count). The van der Waals surface area contributed by atoms with Gasteiger partial charge >= 0.3 is 0 Å². The normalized spacial score (nSPS) is 16.2. The van der Waals surface area contributed by atoms with Gasteiger partial charge in [0.25, 0.3) is 23.6 Å². The summed E-state index contributed by atoms with van der Waals surface area (Å²) in [6.07, 6.45) is 1.38. The van der Waals surface area contributed by atoms with Crippen molar-refractivity contribution < 1.29 is 28.1 Å². The molecule has 0 N–H and O–H groups in total. The highest BCUT2D eigenvalue weighted by Gasteiger charge is 2.39. The van der Waals surface area contributed by atoms with Crippen LogP contribution in [-0.2, 0) is 0 Å². The van der Waals surface area contributed by atoms with Crippen LogP contribution in [0.3, 0.4) is 0 Å². The van der Waals surface area contributed by atoms with Gasteiger partial charge in [0.2, 0.25) is 0 Å². The number of hydrogen-bond donors (Lipinski definition) is 0. The Bertz CT molecular complexity index is 1050. The lowest BCUT2D eigenvalue weighted by Crippen LogP contribution is -2.45. The van der Waals surface area contributed by atoms with Crippen LogP contribution < -0.4 is 0 Å². The summed E-state index contributed by atoms with van der Waals surface area (Å²) in [5, 5.41) is 0.862. The van der Waals surface area contributed by atoms with Gasteiger partial charge in [0.1, 0.15) is 0 Å². The molecular weight excluding hydrogens is 432 g/mol. The minimum Gasteiger partial charge on any atom is -0.331 e. The molecule has 4 amide bonds. The van der Waals surface area contributed by atoms with E-state index >= 15 is 0 Å². The highest BCUT2D eigenvalue weighted by molar-refractivity contribution is 6.33. The van der Waals surface area contributed by atoms with Crippen LogP contribution in [0.25, 0.3) is 10.8 Å². The first-order valence-electron chi connectivity index (χ1n) is 11.7. The second-order valence-electron chi connectivity index (χ2n) is 11.3. The van der Waals surface area contributed by atoms with Crippen molar-refractivity contribution >= 4 is 34.4 Å². The fourth-order valence-electron chi connectivity index (χ4n) is 4.79. The summed E-state index contributed by atoms with van der Waals surface area (Å²) in [5.41, 5.74) is 1.50. The minimum atomic E-state index is -0.368. The van der Waals surface area contributed by atoms with Gasteiger partial charge in [-0.05, 0) is 24.3 Å². The lowest BCUT2D eigenvalue weighted by molar-refractivity contribution is -0.870. The van der Waals surface area contributed by atoms with Crippen molar-refractivity contribution in [3.05, 3.63) is 46.5 Å². The molecule has 0 radical (unpaired) electrons. The topological polar surface area (TPSA) is 74.8 Å². The van der Waals surface area contributed by atoms with Gasteiger partial charge in [0.05, 0.1) is 55.4 Å². The Balaban J connectivity index is 1.70. The standard InChI is InChI=1S/C26H34N4O4/c1-29(2,3)15-7-13-27-23(31)17-9-11-19-22-20(12-10-18(21(17)22)24(27)32)26(34)28(25(19)33)14-8-16-30(4,5)6/h9-12H,7-8,13-16H2,1-6H3/q+2. The maximum atomic E-state index is 13.3. The van der Waals surface area contributed by atoms with Gasteiger partial charge in [0, 0.05) is 59.0 Å². The van der Waals surface area contributed by atoms with Crippen molar-refractivity contribution in [2.24, 2.45) is 0 Å². The fourth-order valence-corrected chi connectivity index (χ4v) is 4.79. The van der Waals surface area contributed by atoms with Gasteiger partial charge < -0.3 is 8.97 Å². The molecule has 0 unspecified atom stereocenters. The third-order valence-corrected chi connectivity index (χ3v) is 6.48. The first-order valence-corrected chi connectivity index (χ1v) is 11.7. The maximum Gasteiger partial charge on any atom is 0.261 e. The van der Waals surface area contributed by atoms with E-state index in [0.717, 1.165) is 22.1 Å². The zero-order valence-electron chi connectivity index (χ0n) is 21.0. The summed E-state index contributed by atoms with van der Waals surface area (Å²) in [5.74, 6) is -1.47. The SMILES string of the molecule is C[N+](C)(C)CCCN1C(=O)c2ccc3c4c(ccc(c24)C1=O)C(=O)N(CCC[N+](C)(C)C)C3=O. The van der Waals surface area contributed by atoms with Crippen molar-refractivity contribution in [1.29, 1.82) is 0 Å². The smallest absolute Gasteiger partial charge is 0.261 e. The van der Waals surface area contributed by atoms with Crippen LogP contribution in [0.4, 0.5) is 0 Å². The number of nitrogens with zero attached hydrogens (tertiary/aromatic N) is 4. The van der Waals surface area contributed by atoms with Crippen molar-refractivity contribution in [1.82, 2.24) is 9.80 Å². The number of rotatable bonds is 8. The summed E-state index contributed by atoms with van der Waals surface area (Å²) < 4.78 is 1.48. The number of quaternary nitrogens is 2. The monoisotopic (exact) mass is 466 g/mol. The Kier molecular flexibility index (Phi) is 5.86. The third kappa shape index (κ3) is 4.23. The minimum absolute atomic E-state index is 0.329. The van der Waals surface area contributed by atoms with Crippen LogP contribution >= 0.6 is 0 Å². The highest BCUT2D eigenvalue weighted by Crippen LogP contribution is 2.37. The molecular formula is C26H34N4O4+2. The molecule has 0 atom stereocenters. The second kappa shape index (κ2) is 8.29. The van der Waals surface area contributed by atoms with E-state index in [0.29, 0.717) is 59.0 Å². The molecule has 0 saturated carbocycles. The Hall–Kier alpha value is -3.10. The molecule has 0 bridgehead atoms. The van der Waals surface area contributed by atoms with Crippen LogP contribution in [-0.4, -0.2) is 111 Å². The molecule has 8 heteroatoms. The lowest BCUT2D eigenvalue weighted by Gasteiger charge is -2.33. The van der Waals surface area contributed by atoms with Gasteiger partial charge in [0.15, 0.2) is 0 Å². The number of imide groups is 2. The number of carbonyl (C=O) groups excluding carboxylic acids is 4. The van der Waals surface area contributed by atoms with E-state index < -0.39 is 0 Å². The molecule has 0 aromatic heterocycles. The lowest BCUT2D eigenvalue weighted by atomic mass is 9.86. The molecule has 2 aromatic carbocycles. The van der Waals surface area contributed by atoms with Crippen molar-refractivity contribution in [2.75, 3.05) is 68.5 Å². The summed E-state index contributed by atoms with van der Waals surface area (Å²) in [7, 11) is 12.4. The van der Waals surface area contributed by atoms with E-state index in [9.17, 15) is 19.2 Å². The summed E-state index contributed by atoms with van der Waals surface area (Å²) in [4.78, 5) is 55.7. The number of benzene rings is 2. The van der Waals surface area contributed by atoms with E-state index in [2.05, 4.69) is 42.3 Å². The molecule has 34 heavy (non-hydrogen) atoms. The predicted octanol–water partition coefficient (Wildman–Crippen LogP) is 2.22. The van der Waals surface area contributed by atoms with Crippen LogP contribution in [0.1, 0.15) is 54.3 Å². The molecule has 2 aromatic rings. The largest absolute Gasteiger partial charge is 0.331 e. The summed E-state index contributed by atoms with van der Waals surface area (Å²) >= 11 is 0. The Morgan fingerprint density at radius 3 is 1.03 bits per heavy atom. The molecule has 2 aliphatic heterocycles. The van der Waals surface area contributed by atoms with Gasteiger partial charge in [-0.3, -0.25) is 29.0 Å². The Labute approximate surface area is 200 Å². The Morgan fingerprint density at radius 2 is 0.794 bits per heavy atom. The first-order chi connectivity index (χ1) is 15.8. The van der Waals surface area contributed by atoms with Crippen LogP contribution in [0, 0.1) is 0 Å². The molecule has 2 aliphatic rings. The van der Waals surface area contributed by atoms with Gasteiger partial charge in [-0.15, -0.1) is 0 Å². The number of carbonyl (C=O) groups is 4. The number of hydrogen-bond acceptors (Lipinski definition) is 4. The zero-order valence-corrected chi connectivity index (χ0v) is 21.0. The quantitative estimate of drug-likeness (QED) is 0.442. The average Bonchev–Trinajstić information content (AvgIpc) is 2.73. The zero-order chi connectivity index (χ0) is 25.0. The fraction of sp³-hybridized carbons (Fsp3) is 0.462. The van der Waals surface area contributed by atoms with E-state index in [4.69, 9.17) is 0 Å². The van der Waals surface area contributed by atoms with Crippen molar-refractivity contribution in [3.63, 3.8) is 0 Å². The molecule has 8 nitrogen and oxygen atoms in total. The van der Waals surface area contributed by atoms with E-state index in [1.54, 1.807) is 24.3 Å². The molecule has 0 spiro atoms. The summed E-state index contributed by atoms with van der Waals surface area (Å²) in [6, 6.07) is 6.52. The molecule has 180 valence electrons. The second-order valence-corrected chi connectivity index (χ2v) is 11.3. The predicted molar refractivity (Wildman–Crippen MR) is 130 cm³/mol. The summed E-state index contributed by atoms with van der Waals surface area (Å²) in [6.45, 7) is 2.30. The van der Waals surface area contributed by atoms with Gasteiger partial charge in [-0.25, -0.2) is 0 Å². The van der Waals surface area contributed by atoms with Crippen molar-refractivity contribution in [2.45, 2.75) is 12.8 Å². The van der Waals surface area contributed by atoms with E-state index in [1.807, 2.05) is 0 Å². The average molecular weight is 467 g/mol. The highest BCUT2D eigenvalue weighted by atomic mass is 16.2. The van der Waals surface area contributed by atoms with E-state index in [1.165, 1.54) is 9.80 Å². The molecule has 0 fully saturated rings. The van der Waals surface area contributed by atoms with Crippen molar-refractivity contribution in [3.8, 4) is 0 Å². The first kappa shape index (κ1) is 24.0. The van der Waals surface area contributed by atoms with Gasteiger partial charge in [-0.2, -0.15) is 0 Å². The third-order valence-electron chi connectivity index (χ3n) is 6.48. The van der Waals surface area contributed by atoms with Crippen LogP contribution in [0.5, 0.6) is 0 Å². The molecule has 0 aliphatic carbocycles. The number of amides is 4.